The fourth-order valence-corrected chi connectivity index (χ4v) is 5.18. The van der Waals surface area contributed by atoms with E-state index in [0.29, 0.717) is 18.6 Å². The Morgan fingerprint density at radius 1 is 1.03 bits per heavy atom. The summed E-state index contributed by atoms with van der Waals surface area (Å²) in [6.07, 6.45) is 7.29. The SMILES string of the molecule is CCCCOc1ccc(C(=O)N[C@@H](Cc2c[nH]c3ccccc23)C(=O)NC2CCCc3ccccc32)cc1. The molecular formula is C32H35N3O3. The fourth-order valence-electron chi connectivity index (χ4n) is 5.18. The smallest absolute Gasteiger partial charge is 0.251 e. The van der Waals surface area contributed by atoms with E-state index in [9.17, 15) is 9.59 Å². The molecule has 5 rings (SSSR count). The summed E-state index contributed by atoms with van der Waals surface area (Å²) in [7, 11) is 0. The number of carbonyl (C=O) groups is 2. The van der Waals surface area contributed by atoms with Crippen LogP contribution in [0.15, 0.2) is 79.0 Å². The summed E-state index contributed by atoms with van der Waals surface area (Å²) in [5.74, 6) is 0.276. The number of aromatic amines is 1. The third-order valence-electron chi connectivity index (χ3n) is 7.29. The zero-order valence-electron chi connectivity index (χ0n) is 21.8. The van der Waals surface area contributed by atoms with Crippen LogP contribution in [0.2, 0.25) is 0 Å². The van der Waals surface area contributed by atoms with Crippen LogP contribution in [0.3, 0.4) is 0 Å². The minimum absolute atomic E-state index is 0.0608. The molecule has 3 aromatic carbocycles. The summed E-state index contributed by atoms with van der Waals surface area (Å²) >= 11 is 0. The van der Waals surface area contributed by atoms with Gasteiger partial charge in [0.05, 0.1) is 12.6 Å². The van der Waals surface area contributed by atoms with E-state index in [1.165, 1.54) is 11.1 Å². The molecule has 1 aromatic heterocycles. The summed E-state index contributed by atoms with van der Waals surface area (Å²) in [6.45, 7) is 2.77. The molecule has 0 bridgehead atoms. The maximum Gasteiger partial charge on any atom is 0.251 e. The number of rotatable bonds is 10. The van der Waals surface area contributed by atoms with Crippen molar-refractivity contribution in [2.75, 3.05) is 6.61 Å². The second-order valence-corrected chi connectivity index (χ2v) is 9.97. The molecule has 0 saturated carbocycles. The standard InChI is InChI=1S/C32H35N3O3/c1-2-3-19-38-25-17-15-23(16-18-25)31(36)35-30(20-24-21-33-28-13-7-6-12-27(24)28)32(37)34-29-14-8-10-22-9-4-5-11-26(22)29/h4-7,9,11-13,15-18,21,29-30,33H,2-3,8,10,14,19-20H2,1H3,(H,34,37)(H,35,36)/t29?,30-/m0/s1. The maximum absolute atomic E-state index is 13.7. The zero-order chi connectivity index (χ0) is 26.3. The Hall–Kier alpha value is -4.06. The molecule has 4 aromatic rings. The van der Waals surface area contributed by atoms with Gasteiger partial charge in [0.2, 0.25) is 5.91 Å². The zero-order valence-corrected chi connectivity index (χ0v) is 21.8. The lowest BCUT2D eigenvalue weighted by molar-refractivity contribution is -0.123. The van der Waals surface area contributed by atoms with Gasteiger partial charge in [0.15, 0.2) is 0 Å². The Balaban J connectivity index is 1.35. The highest BCUT2D eigenvalue weighted by molar-refractivity contribution is 5.98. The number of aryl methyl sites for hydroxylation is 1. The molecule has 6 nitrogen and oxygen atoms in total. The van der Waals surface area contributed by atoms with Gasteiger partial charge in [0.1, 0.15) is 11.8 Å². The second kappa shape index (κ2) is 12.0. The number of nitrogens with one attached hydrogen (secondary N) is 3. The van der Waals surface area contributed by atoms with Gasteiger partial charge in [-0.15, -0.1) is 0 Å². The van der Waals surface area contributed by atoms with E-state index in [1.807, 2.05) is 42.6 Å². The Labute approximate surface area is 223 Å². The number of H-pyrrole nitrogens is 1. The van der Waals surface area contributed by atoms with Crippen molar-refractivity contribution in [1.29, 1.82) is 0 Å². The van der Waals surface area contributed by atoms with Crippen molar-refractivity contribution in [3.8, 4) is 5.75 Å². The van der Waals surface area contributed by atoms with Gasteiger partial charge in [-0.05, 0) is 72.7 Å². The van der Waals surface area contributed by atoms with Crippen LogP contribution in [0.4, 0.5) is 0 Å². The minimum atomic E-state index is -0.726. The van der Waals surface area contributed by atoms with Gasteiger partial charge in [-0.3, -0.25) is 9.59 Å². The van der Waals surface area contributed by atoms with Gasteiger partial charge in [0, 0.05) is 29.1 Å². The average Bonchev–Trinajstić information content (AvgIpc) is 3.36. The minimum Gasteiger partial charge on any atom is -0.494 e. The molecule has 1 heterocycles. The van der Waals surface area contributed by atoms with Gasteiger partial charge in [-0.25, -0.2) is 0 Å². The number of hydrogen-bond acceptors (Lipinski definition) is 3. The predicted molar refractivity (Wildman–Crippen MR) is 150 cm³/mol. The molecule has 0 spiro atoms. The number of benzene rings is 3. The number of para-hydroxylation sites is 1. The van der Waals surface area contributed by atoms with Gasteiger partial charge in [-0.2, -0.15) is 0 Å². The third-order valence-corrected chi connectivity index (χ3v) is 7.29. The molecule has 2 atom stereocenters. The largest absolute Gasteiger partial charge is 0.494 e. The van der Waals surface area contributed by atoms with Crippen molar-refractivity contribution in [2.45, 2.75) is 57.5 Å². The van der Waals surface area contributed by atoms with Crippen molar-refractivity contribution in [1.82, 2.24) is 15.6 Å². The van der Waals surface area contributed by atoms with Crippen molar-refractivity contribution in [2.24, 2.45) is 0 Å². The van der Waals surface area contributed by atoms with Crippen LogP contribution in [-0.2, 0) is 17.6 Å². The first-order chi connectivity index (χ1) is 18.6. The summed E-state index contributed by atoms with van der Waals surface area (Å²) in [6, 6.07) is 22.6. The average molecular weight is 510 g/mol. The van der Waals surface area contributed by atoms with E-state index in [2.05, 4.69) is 34.7 Å². The normalized spacial score (nSPS) is 15.4. The predicted octanol–water partition coefficient (Wildman–Crippen LogP) is 5.88. The lowest BCUT2D eigenvalue weighted by Gasteiger charge is -2.28. The van der Waals surface area contributed by atoms with Crippen molar-refractivity contribution < 1.29 is 14.3 Å². The lowest BCUT2D eigenvalue weighted by atomic mass is 9.87. The van der Waals surface area contributed by atoms with E-state index < -0.39 is 6.04 Å². The van der Waals surface area contributed by atoms with Crippen molar-refractivity contribution in [3.05, 3.63) is 101 Å². The Kier molecular flexibility index (Phi) is 8.07. The summed E-state index contributed by atoms with van der Waals surface area (Å²) < 4.78 is 5.73. The molecule has 3 N–H and O–H groups in total. The van der Waals surface area contributed by atoms with E-state index in [-0.39, 0.29) is 17.9 Å². The molecule has 6 heteroatoms. The molecule has 0 radical (unpaired) electrons. The Bertz CT molecular complexity index is 1390. The summed E-state index contributed by atoms with van der Waals surface area (Å²) in [4.78, 5) is 30.2. The first-order valence-electron chi connectivity index (χ1n) is 13.6. The number of amides is 2. The van der Waals surface area contributed by atoms with Crippen LogP contribution >= 0.6 is 0 Å². The van der Waals surface area contributed by atoms with Gasteiger partial charge in [0.25, 0.3) is 5.91 Å². The summed E-state index contributed by atoms with van der Waals surface area (Å²) in [5.41, 5.74) is 4.94. The molecule has 1 unspecified atom stereocenters. The lowest BCUT2D eigenvalue weighted by Crippen LogP contribution is -2.49. The third kappa shape index (κ3) is 5.91. The van der Waals surface area contributed by atoms with E-state index in [0.717, 1.165) is 54.3 Å². The van der Waals surface area contributed by atoms with Crippen LogP contribution in [0, 0.1) is 0 Å². The highest BCUT2D eigenvalue weighted by Crippen LogP contribution is 2.29. The molecule has 0 fully saturated rings. The molecule has 38 heavy (non-hydrogen) atoms. The maximum atomic E-state index is 13.7. The van der Waals surface area contributed by atoms with Crippen LogP contribution in [0.5, 0.6) is 5.75 Å². The molecule has 0 aliphatic heterocycles. The van der Waals surface area contributed by atoms with Crippen LogP contribution in [-0.4, -0.2) is 29.4 Å². The fraction of sp³-hybridized carbons (Fsp3) is 0.312. The second-order valence-electron chi connectivity index (χ2n) is 9.97. The molecule has 1 aliphatic carbocycles. The van der Waals surface area contributed by atoms with E-state index >= 15 is 0 Å². The Morgan fingerprint density at radius 3 is 2.66 bits per heavy atom. The summed E-state index contributed by atoms with van der Waals surface area (Å²) in [5, 5.41) is 7.31. The topological polar surface area (TPSA) is 83.2 Å². The molecule has 1 aliphatic rings. The van der Waals surface area contributed by atoms with Crippen molar-refractivity contribution >= 4 is 22.7 Å². The van der Waals surface area contributed by atoms with Gasteiger partial charge < -0.3 is 20.4 Å². The molecular weight excluding hydrogens is 474 g/mol. The van der Waals surface area contributed by atoms with Gasteiger partial charge >= 0.3 is 0 Å². The molecule has 2 amide bonds. The van der Waals surface area contributed by atoms with Crippen LogP contribution in [0.25, 0.3) is 10.9 Å². The quantitative estimate of drug-likeness (QED) is 0.233. The number of ether oxygens (including phenoxy) is 1. The number of unbranched alkanes of at least 4 members (excludes halogenated alkanes) is 1. The van der Waals surface area contributed by atoms with E-state index in [4.69, 9.17) is 4.74 Å². The number of aromatic nitrogens is 1. The highest BCUT2D eigenvalue weighted by Gasteiger charge is 2.28. The number of carbonyl (C=O) groups excluding carboxylic acids is 2. The van der Waals surface area contributed by atoms with Crippen LogP contribution < -0.4 is 15.4 Å². The van der Waals surface area contributed by atoms with Gasteiger partial charge in [-0.1, -0.05) is 55.8 Å². The Morgan fingerprint density at radius 2 is 1.82 bits per heavy atom. The number of hydrogen-bond donors (Lipinski definition) is 3. The number of fused-ring (bicyclic) bond motifs is 2. The highest BCUT2D eigenvalue weighted by atomic mass is 16.5. The van der Waals surface area contributed by atoms with Crippen LogP contribution in [0.1, 0.15) is 65.7 Å². The monoisotopic (exact) mass is 509 g/mol. The van der Waals surface area contributed by atoms with Crippen molar-refractivity contribution in [3.63, 3.8) is 0 Å². The first kappa shape index (κ1) is 25.6. The molecule has 196 valence electrons. The molecule has 0 saturated heterocycles. The van der Waals surface area contributed by atoms with E-state index in [1.54, 1.807) is 24.3 Å². The first-order valence-corrected chi connectivity index (χ1v) is 13.6.